The second kappa shape index (κ2) is 6.07. The van der Waals surface area contributed by atoms with Gasteiger partial charge in [0.2, 0.25) is 0 Å². The summed E-state index contributed by atoms with van der Waals surface area (Å²) in [5.74, 6) is -0.524. The van der Waals surface area contributed by atoms with E-state index in [1.165, 1.54) is 15.3 Å². The fourth-order valence-corrected chi connectivity index (χ4v) is 2.87. The summed E-state index contributed by atoms with van der Waals surface area (Å²) >= 11 is 0. The number of carbonyl (C=O) groups excluding carboxylic acids is 1. The lowest BCUT2D eigenvalue weighted by Gasteiger charge is -2.09. The topological polar surface area (TPSA) is 91.4 Å². The summed E-state index contributed by atoms with van der Waals surface area (Å²) in [6.07, 6.45) is 3.04. The van der Waals surface area contributed by atoms with Crippen molar-refractivity contribution in [2.75, 3.05) is 6.61 Å². The van der Waals surface area contributed by atoms with E-state index in [1.54, 1.807) is 19.2 Å². The predicted molar refractivity (Wildman–Crippen MR) is 94.6 cm³/mol. The lowest BCUT2D eigenvalue weighted by atomic mass is 10.2. The molecular weight excluding hydrogens is 334 g/mol. The van der Waals surface area contributed by atoms with Crippen molar-refractivity contribution in [1.82, 2.24) is 24.4 Å². The van der Waals surface area contributed by atoms with Gasteiger partial charge in [-0.2, -0.15) is 5.10 Å². The van der Waals surface area contributed by atoms with Gasteiger partial charge in [-0.1, -0.05) is 18.2 Å². The number of pyridine rings is 1. The van der Waals surface area contributed by atoms with Gasteiger partial charge in [0.1, 0.15) is 11.1 Å². The van der Waals surface area contributed by atoms with E-state index in [-0.39, 0.29) is 28.9 Å². The molecule has 3 aromatic heterocycles. The molecule has 0 N–H and O–H groups in total. The fraction of sp³-hybridized carbons (Fsp3) is 0.167. The maximum absolute atomic E-state index is 12.9. The molecule has 0 spiro atoms. The number of fused-ring (bicyclic) bond motifs is 3. The van der Waals surface area contributed by atoms with Crippen molar-refractivity contribution in [3.8, 4) is 5.69 Å². The number of esters is 1. The molecule has 130 valence electrons. The van der Waals surface area contributed by atoms with E-state index in [2.05, 4.69) is 15.3 Å². The molecule has 3 heterocycles. The molecule has 0 aliphatic carbocycles. The highest BCUT2D eigenvalue weighted by Crippen LogP contribution is 2.16. The second-order valence-corrected chi connectivity index (χ2v) is 5.73. The standard InChI is InChI=1S/C18H15N5O3/c1-3-26-18(25)12-10-19-23-14-8-9-22(13-7-5-4-6-11(13)2)17(24)15(14)20-21-16(12)23/h4-10H,3H2,1-2H3. The lowest BCUT2D eigenvalue weighted by Crippen LogP contribution is -2.21. The van der Waals surface area contributed by atoms with Gasteiger partial charge in [0.25, 0.3) is 5.56 Å². The van der Waals surface area contributed by atoms with E-state index >= 15 is 0 Å². The van der Waals surface area contributed by atoms with Crippen LogP contribution < -0.4 is 5.56 Å². The van der Waals surface area contributed by atoms with Crippen LogP contribution in [0.1, 0.15) is 22.8 Å². The molecule has 1 aromatic carbocycles. The molecule has 0 fully saturated rings. The van der Waals surface area contributed by atoms with Crippen molar-refractivity contribution in [2.45, 2.75) is 13.8 Å². The Morgan fingerprint density at radius 1 is 1.19 bits per heavy atom. The van der Waals surface area contributed by atoms with Gasteiger partial charge in [-0.05, 0) is 31.5 Å². The Bertz CT molecular complexity index is 1210. The SMILES string of the molecule is CCOC(=O)c1cnn2c1nnc1c(=O)n(-c3ccccc3C)ccc12. The van der Waals surface area contributed by atoms with Crippen LogP contribution in [0.25, 0.3) is 22.4 Å². The Kier molecular flexibility index (Phi) is 3.72. The van der Waals surface area contributed by atoms with Crippen LogP contribution in [0, 0.1) is 6.92 Å². The normalized spacial score (nSPS) is 11.2. The molecule has 4 rings (SSSR count). The number of benzene rings is 1. The highest BCUT2D eigenvalue weighted by molar-refractivity contribution is 5.96. The largest absolute Gasteiger partial charge is 0.462 e. The minimum Gasteiger partial charge on any atom is -0.462 e. The number of aryl methyl sites for hydroxylation is 1. The molecule has 0 unspecified atom stereocenters. The summed E-state index contributed by atoms with van der Waals surface area (Å²) in [5.41, 5.74) is 2.54. The van der Waals surface area contributed by atoms with Crippen LogP contribution in [0.5, 0.6) is 0 Å². The van der Waals surface area contributed by atoms with Gasteiger partial charge >= 0.3 is 5.97 Å². The Balaban J connectivity index is 1.95. The number of hydrogen-bond acceptors (Lipinski definition) is 6. The van der Waals surface area contributed by atoms with Crippen LogP contribution in [-0.4, -0.2) is 37.0 Å². The number of carbonyl (C=O) groups is 1. The Labute approximate surface area is 147 Å². The third kappa shape index (κ3) is 2.34. The van der Waals surface area contributed by atoms with Crippen LogP contribution in [-0.2, 0) is 4.74 Å². The van der Waals surface area contributed by atoms with Crippen molar-refractivity contribution >= 4 is 22.6 Å². The smallest absolute Gasteiger partial charge is 0.343 e. The van der Waals surface area contributed by atoms with E-state index in [0.717, 1.165) is 11.3 Å². The lowest BCUT2D eigenvalue weighted by molar-refractivity contribution is 0.0528. The third-order valence-electron chi connectivity index (χ3n) is 4.13. The maximum atomic E-state index is 12.9. The van der Waals surface area contributed by atoms with Crippen LogP contribution >= 0.6 is 0 Å². The quantitative estimate of drug-likeness (QED) is 0.525. The van der Waals surface area contributed by atoms with E-state index in [4.69, 9.17) is 4.74 Å². The zero-order valence-electron chi connectivity index (χ0n) is 14.2. The summed E-state index contributed by atoms with van der Waals surface area (Å²) < 4.78 is 7.94. The number of rotatable bonds is 3. The van der Waals surface area contributed by atoms with Gasteiger partial charge in [-0.25, -0.2) is 9.31 Å². The maximum Gasteiger partial charge on any atom is 0.343 e. The highest BCUT2D eigenvalue weighted by atomic mass is 16.5. The van der Waals surface area contributed by atoms with Gasteiger partial charge in [-0.15, -0.1) is 10.2 Å². The molecule has 0 aliphatic rings. The predicted octanol–water partition coefficient (Wildman–Crippen LogP) is 1.91. The van der Waals surface area contributed by atoms with Crippen molar-refractivity contribution in [1.29, 1.82) is 0 Å². The Morgan fingerprint density at radius 3 is 2.77 bits per heavy atom. The number of nitrogens with zero attached hydrogens (tertiary/aromatic N) is 5. The van der Waals surface area contributed by atoms with E-state index in [9.17, 15) is 9.59 Å². The third-order valence-corrected chi connectivity index (χ3v) is 4.13. The molecule has 8 nitrogen and oxygen atoms in total. The second-order valence-electron chi connectivity index (χ2n) is 5.73. The fourth-order valence-electron chi connectivity index (χ4n) is 2.87. The van der Waals surface area contributed by atoms with Crippen molar-refractivity contribution in [3.05, 3.63) is 64.2 Å². The van der Waals surface area contributed by atoms with Crippen molar-refractivity contribution < 1.29 is 9.53 Å². The van der Waals surface area contributed by atoms with Crippen LogP contribution in [0.4, 0.5) is 0 Å². The first-order valence-electron chi connectivity index (χ1n) is 8.10. The van der Waals surface area contributed by atoms with Gasteiger partial charge in [0.05, 0.1) is 18.5 Å². The first-order chi connectivity index (χ1) is 12.6. The molecule has 0 atom stereocenters. The van der Waals surface area contributed by atoms with Gasteiger partial charge in [0, 0.05) is 6.20 Å². The minimum atomic E-state index is -0.524. The average Bonchev–Trinajstić information content (AvgIpc) is 3.08. The van der Waals surface area contributed by atoms with Gasteiger partial charge in [0.15, 0.2) is 11.2 Å². The first kappa shape index (κ1) is 15.9. The number of para-hydroxylation sites is 1. The van der Waals surface area contributed by atoms with Gasteiger partial charge in [-0.3, -0.25) is 9.36 Å². The number of aromatic nitrogens is 5. The molecular formula is C18H15N5O3. The van der Waals surface area contributed by atoms with E-state index in [0.29, 0.717) is 5.52 Å². The minimum absolute atomic E-state index is 0.168. The van der Waals surface area contributed by atoms with Crippen molar-refractivity contribution in [3.63, 3.8) is 0 Å². The molecule has 0 bridgehead atoms. The monoisotopic (exact) mass is 349 g/mol. The van der Waals surface area contributed by atoms with E-state index < -0.39 is 5.97 Å². The molecule has 0 saturated carbocycles. The summed E-state index contributed by atoms with van der Waals surface area (Å²) in [7, 11) is 0. The molecule has 0 aliphatic heterocycles. The highest BCUT2D eigenvalue weighted by Gasteiger charge is 2.18. The van der Waals surface area contributed by atoms with Crippen LogP contribution in [0.3, 0.4) is 0 Å². The Morgan fingerprint density at radius 2 is 2.00 bits per heavy atom. The molecule has 26 heavy (non-hydrogen) atoms. The summed E-state index contributed by atoms with van der Waals surface area (Å²) in [6.45, 7) is 3.90. The zero-order chi connectivity index (χ0) is 18.3. The number of hydrogen-bond donors (Lipinski definition) is 0. The zero-order valence-corrected chi connectivity index (χ0v) is 14.2. The molecule has 0 amide bonds. The Hall–Kier alpha value is -3.55. The van der Waals surface area contributed by atoms with Crippen LogP contribution in [0.2, 0.25) is 0 Å². The molecule has 8 heteroatoms. The van der Waals surface area contributed by atoms with Gasteiger partial charge < -0.3 is 4.74 Å². The molecule has 4 aromatic rings. The molecule has 0 radical (unpaired) electrons. The van der Waals surface area contributed by atoms with Crippen molar-refractivity contribution in [2.24, 2.45) is 0 Å². The molecule has 0 saturated heterocycles. The summed E-state index contributed by atoms with van der Waals surface area (Å²) in [5, 5.41) is 12.3. The summed E-state index contributed by atoms with van der Waals surface area (Å²) in [4.78, 5) is 24.9. The average molecular weight is 349 g/mol. The number of ether oxygens (including phenoxy) is 1. The van der Waals surface area contributed by atoms with E-state index in [1.807, 2.05) is 31.2 Å². The first-order valence-corrected chi connectivity index (χ1v) is 8.10. The van der Waals surface area contributed by atoms with Crippen LogP contribution in [0.15, 0.2) is 47.5 Å². The summed E-state index contributed by atoms with van der Waals surface area (Å²) in [6, 6.07) is 9.30.